The molecule has 0 spiro atoms. The van der Waals surface area contributed by atoms with Crippen LogP contribution in [0, 0.1) is 16.3 Å². The number of halogens is 2. The van der Waals surface area contributed by atoms with Crippen molar-refractivity contribution in [2.75, 3.05) is 5.32 Å². The minimum absolute atomic E-state index is 0.265. The SMILES string of the molecule is Cc1cc(I)ccc1Nc1cc(F)ccc1-c1cnn(C)c1. The van der Waals surface area contributed by atoms with Crippen LogP contribution in [0.15, 0.2) is 48.8 Å². The van der Waals surface area contributed by atoms with Gasteiger partial charge < -0.3 is 5.32 Å². The largest absolute Gasteiger partial charge is 0.355 e. The lowest BCUT2D eigenvalue weighted by atomic mass is 10.1. The molecule has 5 heteroatoms. The van der Waals surface area contributed by atoms with Crippen LogP contribution in [-0.2, 0) is 7.05 Å². The molecule has 2 aromatic carbocycles. The second-order valence-corrected chi connectivity index (χ2v) is 6.42. The first-order valence-electron chi connectivity index (χ1n) is 6.84. The third kappa shape index (κ3) is 3.14. The standard InChI is InChI=1S/C17H15FIN3/c1-11-7-14(19)4-6-16(11)21-17-8-13(18)3-5-15(17)12-9-20-22(2)10-12/h3-10,21H,1-2H3. The van der Waals surface area contributed by atoms with E-state index in [2.05, 4.69) is 39.1 Å². The molecule has 1 aromatic heterocycles. The Bertz CT molecular complexity index is 827. The molecule has 1 N–H and O–H groups in total. The van der Waals surface area contributed by atoms with E-state index in [4.69, 9.17) is 0 Å². The summed E-state index contributed by atoms with van der Waals surface area (Å²) < 4.78 is 16.6. The second kappa shape index (κ2) is 6.08. The number of anilines is 2. The summed E-state index contributed by atoms with van der Waals surface area (Å²) in [5, 5.41) is 7.52. The predicted octanol–water partition coefficient (Wildman–Crippen LogP) is 4.88. The highest BCUT2D eigenvalue weighted by Crippen LogP contribution is 2.32. The summed E-state index contributed by atoms with van der Waals surface area (Å²) in [5.74, 6) is -0.265. The van der Waals surface area contributed by atoms with Gasteiger partial charge in [0.05, 0.1) is 6.20 Å². The molecule has 0 aliphatic rings. The van der Waals surface area contributed by atoms with Crippen molar-refractivity contribution in [3.63, 3.8) is 0 Å². The van der Waals surface area contributed by atoms with Crippen LogP contribution >= 0.6 is 22.6 Å². The van der Waals surface area contributed by atoms with Crippen LogP contribution < -0.4 is 5.32 Å². The summed E-state index contributed by atoms with van der Waals surface area (Å²) in [6, 6.07) is 10.9. The molecule has 112 valence electrons. The molecule has 0 saturated heterocycles. The second-order valence-electron chi connectivity index (χ2n) is 5.18. The van der Waals surface area contributed by atoms with Crippen molar-refractivity contribution in [2.24, 2.45) is 7.05 Å². The molecule has 0 saturated carbocycles. The van der Waals surface area contributed by atoms with Crippen LogP contribution in [0.2, 0.25) is 0 Å². The quantitative estimate of drug-likeness (QED) is 0.628. The fraction of sp³-hybridized carbons (Fsp3) is 0.118. The highest BCUT2D eigenvalue weighted by Gasteiger charge is 2.10. The van der Waals surface area contributed by atoms with E-state index in [1.54, 1.807) is 16.9 Å². The Hall–Kier alpha value is -1.89. The van der Waals surface area contributed by atoms with E-state index in [0.717, 1.165) is 28.1 Å². The first-order chi connectivity index (χ1) is 10.5. The van der Waals surface area contributed by atoms with Gasteiger partial charge in [0.15, 0.2) is 0 Å². The van der Waals surface area contributed by atoms with E-state index in [0.29, 0.717) is 0 Å². The molecular weight excluding hydrogens is 392 g/mol. The third-order valence-electron chi connectivity index (χ3n) is 3.46. The van der Waals surface area contributed by atoms with E-state index in [9.17, 15) is 4.39 Å². The predicted molar refractivity (Wildman–Crippen MR) is 95.8 cm³/mol. The zero-order valence-electron chi connectivity index (χ0n) is 12.3. The molecule has 0 amide bonds. The number of nitrogens with zero attached hydrogens (tertiary/aromatic N) is 2. The summed E-state index contributed by atoms with van der Waals surface area (Å²) in [6.45, 7) is 2.04. The van der Waals surface area contributed by atoms with Crippen molar-refractivity contribution in [2.45, 2.75) is 6.92 Å². The summed E-state index contributed by atoms with van der Waals surface area (Å²) in [7, 11) is 1.86. The van der Waals surface area contributed by atoms with Gasteiger partial charge in [-0.3, -0.25) is 4.68 Å². The van der Waals surface area contributed by atoms with E-state index >= 15 is 0 Å². The van der Waals surface area contributed by atoms with E-state index in [1.165, 1.54) is 15.7 Å². The molecule has 0 radical (unpaired) electrons. The first-order valence-corrected chi connectivity index (χ1v) is 7.92. The monoisotopic (exact) mass is 407 g/mol. The van der Waals surface area contributed by atoms with Gasteiger partial charge in [0, 0.05) is 39.3 Å². The van der Waals surface area contributed by atoms with Crippen molar-refractivity contribution in [1.29, 1.82) is 0 Å². The third-order valence-corrected chi connectivity index (χ3v) is 4.13. The van der Waals surface area contributed by atoms with Gasteiger partial charge in [0.25, 0.3) is 0 Å². The molecule has 1 heterocycles. The molecule has 0 atom stereocenters. The van der Waals surface area contributed by atoms with Crippen LogP contribution in [-0.4, -0.2) is 9.78 Å². The van der Waals surface area contributed by atoms with Gasteiger partial charge in [-0.05, 0) is 71.5 Å². The normalized spacial score (nSPS) is 10.7. The lowest BCUT2D eigenvalue weighted by Crippen LogP contribution is -1.96. The Morgan fingerprint density at radius 1 is 1.14 bits per heavy atom. The molecule has 0 aliphatic heterocycles. The lowest BCUT2D eigenvalue weighted by molar-refractivity contribution is 0.628. The van der Waals surface area contributed by atoms with Gasteiger partial charge in [-0.1, -0.05) is 0 Å². The molecule has 22 heavy (non-hydrogen) atoms. The summed E-state index contributed by atoms with van der Waals surface area (Å²) in [4.78, 5) is 0. The number of hydrogen-bond acceptors (Lipinski definition) is 2. The van der Waals surface area contributed by atoms with Crippen molar-refractivity contribution in [1.82, 2.24) is 9.78 Å². The van der Waals surface area contributed by atoms with Crippen LogP contribution in [0.5, 0.6) is 0 Å². The molecule has 3 aromatic rings. The topological polar surface area (TPSA) is 29.9 Å². The maximum atomic E-state index is 13.7. The molecule has 0 bridgehead atoms. The number of aryl methyl sites for hydroxylation is 2. The lowest BCUT2D eigenvalue weighted by Gasteiger charge is -2.13. The molecule has 0 fully saturated rings. The van der Waals surface area contributed by atoms with Gasteiger partial charge in [0.2, 0.25) is 0 Å². The number of hydrogen-bond donors (Lipinski definition) is 1. The fourth-order valence-corrected chi connectivity index (χ4v) is 2.99. The van der Waals surface area contributed by atoms with Crippen molar-refractivity contribution < 1.29 is 4.39 Å². The number of rotatable bonds is 3. The zero-order chi connectivity index (χ0) is 15.7. The summed E-state index contributed by atoms with van der Waals surface area (Å²) >= 11 is 2.28. The van der Waals surface area contributed by atoms with Crippen molar-refractivity contribution in [3.8, 4) is 11.1 Å². The van der Waals surface area contributed by atoms with Gasteiger partial charge in [0.1, 0.15) is 5.82 Å². The average molecular weight is 407 g/mol. The van der Waals surface area contributed by atoms with Gasteiger partial charge in [-0.2, -0.15) is 5.10 Å². The summed E-state index contributed by atoms with van der Waals surface area (Å²) in [6.07, 6.45) is 3.69. The summed E-state index contributed by atoms with van der Waals surface area (Å²) in [5.41, 5.74) is 4.70. The van der Waals surface area contributed by atoms with E-state index in [-0.39, 0.29) is 5.82 Å². The maximum Gasteiger partial charge on any atom is 0.125 e. The Kier molecular flexibility index (Phi) is 4.15. The van der Waals surface area contributed by atoms with Gasteiger partial charge in [-0.25, -0.2) is 4.39 Å². The van der Waals surface area contributed by atoms with Crippen LogP contribution in [0.3, 0.4) is 0 Å². The highest BCUT2D eigenvalue weighted by atomic mass is 127. The molecule has 3 rings (SSSR count). The number of aromatic nitrogens is 2. The molecular formula is C17H15FIN3. The Labute approximate surface area is 142 Å². The van der Waals surface area contributed by atoms with Crippen LogP contribution in [0.25, 0.3) is 11.1 Å². The highest BCUT2D eigenvalue weighted by molar-refractivity contribution is 14.1. The number of benzene rings is 2. The van der Waals surface area contributed by atoms with E-state index in [1.807, 2.05) is 32.3 Å². The minimum Gasteiger partial charge on any atom is -0.355 e. The van der Waals surface area contributed by atoms with Gasteiger partial charge in [-0.15, -0.1) is 0 Å². The van der Waals surface area contributed by atoms with Crippen molar-refractivity contribution >= 4 is 34.0 Å². The Balaban J connectivity index is 2.04. The molecule has 3 nitrogen and oxygen atoms in total. The Morgan fingerprint density at radius 3 is 2.64 bits per heavy atom. The number of nitrogens with one attached hydrogen (secondary N) is 1. The fourth-order valence-electron chi connectivity index (χ4n) is 2.34. The minimum atomic E-state index is -0.265. The Morgan fingerprint density at radius 2 is 1.95 bits per heavy atom. The maximum absolute atomic E-state index is 13.7. The molecule has 0 aliphatic carbocycles. The first kappa shape index (κ1) is 15.0. The van der Waals surface area contributed by atoms with Crippen molar-refractivity contribution in [3.05, 3.63) is 63.7 Å². The zero-order valence-corrected chi connectivity index (χ0v) is 14.4. The van der Waals surface area contributed by atoms with E-state index < -0.39 is 0 Å². The van der Waals surface area contributed by atoms with Crippen LogP contribution in [0.4, 0.5) is 15.8 Å². The molecule has 0 unspecified atom stereocenters. The van der Waals surface area contributed by atoms with Gasteiger partial charge >= 0.3 is 0 Å². The average Bonchev–Trinajstić information content (AvgIpc) is 2.88. The smallest absolute Gasteiger partial charge is 0.125 e. The van der Waals surface area contributed by atoms with Crippen LogP contribution in [0.1, 0.15) is 5.56 Å².